The molecule has 2 rings (SSSR count). The van der Waals surface area contributed by atoms with Crippen molar-refractivity contribution < 1.29 is 18.1 Å². The van der Waals surface area contributed by atoms with Gasteiger partial charge in [0.25, 0.3) is 0 Å². The van der Waals surface area contributed by atoms with Gasteiger partial charge < -0.3 is 10.3 Å². The molecule has 2 N–H and O–H groups in total. The lowest BCUT2D eigenvalue weighted by Gasteiger charge is -2.03. The Hall–Kier alpha value is -1.82. The first-order chi connectivity index (χ1) is 7.65. The Kier molecular flexibility index (Phi) is 2.66. The molecule has 16 heavy (non-hydrogen) atoms. The molecule has 0 atom stereocenters. The van der Waals surface area contributed by atoms with E-state index in [-0.39, 0.29) is 23.9 Å². The van der Waals surface area contributed by atoms with Gasteiger partial charge in [-0.2, -0.15) is 0 Å². The number of hydrogen-bond donors (Lipinski definition) is 1. The third-order valence-corrected chi connectivity index (χ3v) is 2.20. The van der Waals surface area contributed by atoms with Gasteiger partial charge in [0.05, 0.1) is 17.1 Å². The molecule has 1 aromatic heterocycles. The first kappa shape index (κ1) is 10.7. The third kappa shape index (κ3) is 1.57. The Balaban J connectivity index is 2.63. The summed E-state index contributed by atoms with van der Waals surface area (Å²) < 4.78 is 31.8. The first-order valence-electron chi connectivity index (χ1n) is 4.60. The number of fused-ring (bicyclic) bond motifs is 1. The van der Waals surface area contributed by atoms with Crippen LogP contribution in [0, 0.1) is 11.6 Å². The summed E-state index contributed by atoms with van der Waals surface area (Å²) in [5, 5.41) is 3.32. The summed E-state index contributed by atoms with van der Waals surface area (Å²) in [6.07, 6.45) is 0.994. The molecule has 0 saturated carbocycles. The van der Waals surface area contributed by atoms with Crippen molar-refractivity contribution in [1.29, 1.82) is 0 Å². The number of benzene rings is 1. The summed E-state index contributed by atoms with van der Waals surface area (Å²) in [6.45, 7) is 0.0411. The maximum absolute atomic E-state index is 13.7. The van der Waals surface area contributed by atoms with Crippen LogP contribution in [-0.4, -0.2) is 17.5 Å². The second-order valence-corrected chi connectivity index (χ2v) is 3.25. The quantitative estimate of drug-likeness (QED) is 0.807. The molecule has 0 aliphatic rings. The Bertz CT molecular complexity index is 551. The number of rotatable bonds is 3. The normalized spacial score (nSPS) is 10.9. The number of ketones is 1. The van der Waals surface area contributed by atoms with E-state index in [0.717, 1.165) is 12.3 Å². The molecule has 0 aliphatic carbocycles. The van der Waals surface area contributed by atoms with E-state index in [1.165, 1.54) is 0 Å². The fourth-order valence-corrected chi connectivity index (χ4v) is 1.46. The highest BCUT2D eigenvalue weighted by Gasteiger charge is 2.21. The molecule has 0 unspecified atom stereocenters. The van der Waals surface area contributed by atoms with Crippen LogP contribution in [0.15, 0.2) is 16.8 Å². The second-order valence-electron chi connectivity index (χ2n) is 3.25. The van der Waals surface area contributed by atoms with E-state index in [2.05, 4.69) is 9.68 Å². The largest absolute Gasteiger partial charge is 0.356 e. The van der Waals surface area contributed by atoms with Crippen molar-refractivity contribution in [2.75, 3.05) is 6.54 Å². The number of carbonyl (C=O) groups excluding carboxylic acids is 1. The second kappa shape index (κ2) is 3.97. The summed E-state index contributed by atoms with van der Waals surface area (Å²) in [7, 11) is 0. The van der Waals surface area contributed by atoms with E-state index < -0.39 is 23.0 Å². The lowest BCUT2D eigenvalue weighted by molar-refractivity contribution is 0.0977. The molecule has 84 valence electrons. The first-order valence-corrected chi connectivity index (χ1v) is 4.60. The van der Waals surface area contributed by atoms with Crippen LogP contribution in [0.4, 0.5) is 8.78 Å². The Labute approximate surface area is 89.0 Å². The van der Waals surface area contributed by atoms with Gasteiger partial charge in [-0.3, -0.25) is 4.79 Å². The van der Waals surface area contributed by atoms with Crippen LogP contribution in [-0.2, 0) is 0 Å². The lowest BCUT2D eigenvalue weighted by Crippen LogP contribution is -2.11. The smallest absolute Gasteiger partial charge is 0.172 e. The van der Waals surface area contributed by atoms with Gasteiger partial charge in [0.1, 0.15) is 11.6 Å². The fraction of sp³-hybridized carbons (Fsp3) is 0.200. The molecule has 0 fully saturated rings. The van der Waals surface area contributed by atoms with Gasteiger partial charge in [-0.15, -0.1) is 0 Å². The molecule has 2 aromatic rings. The predicted octanol–water partition coefficient (Wildman–Crippen LogP) is 1.64. The molecular formula is C10H8F2N2O2. The van der Waals surface area contributed by atoms with Crippen molar-refractivity contribution in [2.45, 2.75) is 6.42 Å². The summed E-state index contributed by atoms with van der Waals surface area (Å²) in [4.78, 5) is 11.4. The van der Waals surface area contributed by atoms with Crippen molar-refractivity contribution in [1.82, 2.24) is 5.16 Å². The molecular weight excluding hydrogens is 218 g/mol. The number of nitrogens with two attached hydrogens (primary N) is 1. The van der Waals surface area contributed by atoms with Gasteiger partial charge in [-0.1, -0.05) is 5.16 Å². The Morgan fingerprint density at radius 1 is 1.50 bits per heavy atom. The van der Waals surface area contributed by atoms with Gasteiger partial charge >= 0.3 is 0 Å². The van der Waals surface area contributed by atoms with Crippen LogP contribution < -0.4 is 5.73 Å². The number of halogens is 2. The molecule has 4 nitrogen and oxygen atoms in total. The maximum atomic E-state index is 13.7. The highest BCUT2D eigenvalue weighted by atomic mass is 19.1. The van der Waals surface area contributed by atoms with Gasteiger partial charge in [-0.25, -0.2) is 8.78 Å². The number of carbonyl (C=O) groups is 1. The molecule has 1 heterocycles. The van der Waals surface area contributed by atoms with Crippen molar-refractivity contribution >= 4 is 16.8 Å². The minimum atomic E-state index is -0.958. The molecule has 0 spiro atoms. The summed E-state index contributed by atoms with van der Waals surface area (Å²) >= 11 is 0. The highest BCUT2D eigenvalue weighted by Crippen LogP contribution is 2.24. The van der Waals surface area contributed by atoms with E-state index in [9.17, 15) is 13.6 Å². The van der Waals surface area contributed by atoms with Crippen LogP contribution in [0.5, 0.6) is 0 Å². The zero-order valence-electron chi connectivity index (χ0n) is 8.17. The Morgan fingerprint density at radius 3 is 2.94 bits per heavy atom. The average molecular weight is 226 g/mol. The summed E-state index contributed by atoms with van der Waals surface area (Å²) in [6, 6.07) is 0.940. The maximum Gasteiger partial charge on any atom is 0.172 e. The number of aromatic nitrogens is 1. The van der Waals surface area contributed by atoms with Crippen LogP contribution in [0.2, 0.25) is 0 Å². The van der Waals surface area contributed by atoms with E-state index >= 15 is 0 Å². The number of nitrogens with zero attached hydrogens (tertiary/aromatic N) is 1. The van der Waals surface area contributed by atoms with E-state index in [0.29, 0.717) is 0 Å². The van der Waals surface area contributed by atoms with Gasteiger partial charge in [0.15, 0.2) is 11.4 Å². The topological polar surface area (TPSA) is 69.1 Å². The molecule has 0 amide bonds. The summed E-state index contributed by atoms with van der Waals surface area (Å²) in [5.74, 6) is -2.57. The van der Waals surface area contributed by atoms with Crippen LogP contribution >= 0.6 is 0 Å². The zero-order valence-corrected chi connectivity index (χ0v) is 8.17. The molecule has 0 bridgehead atoms. The van der Waals surface area contributed by atoms with E-state index in [1.807, 2.05) is 0 Å². The van der Waals surface area contributed by atoms with Crippen molar-refractivity contribution in [3.63, 3.8) is 0 Å². The van der Waals surface area contributed by atoms with Crippen LogP contribution in [0.1, 0.15) is 16.8 Å². The minimum Gasteiger partial charge on any atom is -0.356 e. The van der Waals surface area contributed by atoms with Gasteiger partial charge in [-0.05, 0) is 6.54 Å². The van der Waals surface area contributed by atoms with Gasteiger partial charge in [0.2, 0.25) is 0 Å². The minimum absolute atomic E-state index is 0.0122. The number of hydrogen-bond acceptors (Lipinski definition) is 4. The van der Waals surface area contributed by atoms with E-state index in [1.54, 1.807) is 0 Å². The van der Waals surface area contributed by atoms with Crippen molar-refractivity contribution in [3.05, 3.63) is 29.5 Å². The number of Topliss-reactive ketones (excluding diaryl/α,β-unsaturated/α-hetero) is 1. The third-order valence-electron chi connectivity index (χ3n) is 2.20. The van der Waals surface area contributed by atoms with Crippen LogP contribution in [0.3, 0.4) is 0 Å². The summed E-state index contributed by atoms with van der Waals surface area (Å²) in [5.41, 5.74) is 4.55. The molecule has 0 radical (unpaired) electrons. The van der Waals surface area contributed by atoms with Gasteiger partial charge in [0, 0.05) is 12.5 Å². The molecule has 0 saturated heterocycles. The fourth-order valence-electron chi connectivity index (χ4n) is 1.46. The lowest BCUT2D eigenvalue weighted by atomic mass is 10.0. The highest BCUT2D eigenvalue weighted by molar-refractivity contribution is 6.00. The average Bonchev–Trinajstić information content (AvgIpc) is 2.66. The predicted molar refractivity (Wildman–Crippen MR) is 51.9 cm³/mol. The van der Waals surface area contributed by atoms with Crippen molar-refractivity contribution in [2.24, 2.45) is 5.73 Å². The monoisotopic (exact) mass is 226 g/mol. The van der Waals surface area contributed by atoms with E-state index in [4.69, 9.17) is 5.73 Å². The standard InChI is InChI=1S/C10H8F2N2O2/c11-6-3-8-5(4-14-16-8)10(12)9(6)7(15)1-2-13/h3-4H,1-2,13H2. The molecule has 6 heteroatoms. The van der Waals surface area contributed by atoms with Crippen molar-refractivity contribution in [3.8, 4) is 0 Å². The zero-order chi connectivity index (χ0) is 11.7. The SMILES string of the molecule is NCCC(=O)c1c(F)cc2oncc2c1F. The molecule has 0 aliphatic heterocycles. The molecule has 1 aromatic carbocycles. The Morgan fingerprint density at radius 2 is 2.25 bits per heavy atom. The van der Waals surface area contributed by atoms with Crippen LogP contribution in [0.25, 0.3) is 11.0 Å².